The van der Waals surface area contributed by atoms with Crippen LogP contribution >= 0.6 is 12.2 Å². The van der Waals surface area contributed by atoms with Gasteiger partial charge in [0.25, 0.3) is 0 Å². The number of nitrogens with zero attached hydrogens (tertiary/aromatic N) is 1. The van der Waals surface area contributed by atoms with Gasteiger partial charge in [0.15, 0.2) is 5.11 Å². The summed E-state index contributed by atoms with van der Waals surface area (Å²) in [5.74, 6) is 0.738. The molecular formula is C17H21N3O3S2. The van der Waals surface area contributed by atoms with E-state index in [0.717, 1.165) is 17.0 Å². The van der Waals surface area contributed by atoms with Crippen molar-refractivity contribution in [2.24, 2.45) is 5.14 Å². The molecular weight excluding hydrogens is 358 g/mol. The quantitative estimate of drug-likeness (QED) is 0.777. The molecule has 3 N–H and O–H groups in total. The topological polar surface area (TPSA) is 84.7 Å². The number of thiocarbonyl (C=S) groups is 1. The predicted octanol–water partition coefficient (Wildman–Crippen LogP) is 2.73. The van der Waals surface area contributed by atoms with E-state index in [9.17, 15) is 8.42 Å². The number of nitrogens with one attached hydrogen (secondary N) is 1. The lowest BCUT2D eigenvalue weighted by molar-refractivity contribution is 0.407. The molecule has 2 rings (SSSR count). The molecule has 0 aliphatic heterocycles. The molecule has 0 aromatic heterocycles. The second-order valence-electron chi connectivity index (χ2n) is 5.56. The summed E-state index contributed by atoms with van der Waals surface area (Å²) in [6.45, 7) is 1.98. The summed E-state index contributed by atoms with van der Waals surface area (Å²) >= 11 is 5.46. The van der Waals surface area contributed by atoms with Gasteiger partial charge in [0.05, 0.1) is 18.0 Å². The Morgan fingerprint density at radius 1 is 1.24 bits per heavy atom. The lowest BCUT2D eigenvalue weighted by Gasteiger charge is -2.28. The van der Waals surface area contributed by atoms with Gasteiger partial charge in [-0.15, -0.1) is 0 Å². The van der Waals surface area contributed by atoms with Crippen LogP contribution in [0.4, 0.5) is 5.69 Å². The van der Waals surface area contributed by atoms with Crippen LogP contribution in [-0.4, -0.2) is 32.6 Å². The fourth-order valence-corrected chi connectivity index (χ4v) is 3.04. The molecule has 2 aromatic carbocycles. The Kier molecular flexibility index (Phi) is 5.99. The van der Waals surface area contributed by atoms with Crippen LogP contribution in [0.2, 0.25) is 0 Å². The molecule has 0 fully saturated rings. The van der Waals surface area contributed by atoms with Gasteiger partial charge in [-0.25, -0.2) is 13.6 Å². The van der Waals surface area contributed by atoms with Crippen molar-refractivity contribution in [3.8, 4) is 5.75 Å². The third-order valence-electron chi connectivity index (χ3n) is 3.91. The number of sulfonamides is 1. The monoisotopic (exact) mass is 379 g/mol. The van der Waals surface area contributed by atoms with Crippen molar-refractivity contribution < 1.29 is 13.2 Å². The predicted molar refractivity (Wildman–Crippen MR) is 103 cm³/mol. The Hall–Kier alpha value is -2.16. The van der Waals surface area contributed by atoms with E-state index in [1.54, 1.807) is 19.2 Å². The van der Waals surface area contributed by atoms with E-state index in [2.05, 4.69) is 5.32 Å². The van der Waals surface area contributed by atoms with Gasteiger partial charge >= 0.3 is 0 Å². The van der Waals surface area contributed by atoms with Crippen LogP contribution in [0.15, 0.2) is 53.4 Å². The summed E-state index contributed by atoms with van der Waals surface area (Å²) in [5.41, 5.74) is 1.75. The Balaban J connectivity index is 2.10. The number of anilines is 1. The Morgan fingerprint density at radius 2 is 1.88 bits per heavy atom. The number of hydrogen-bond donors (Lipinski definition) is 2. The molecule has 0 bridgehead atoms. The van der Waals surface area contributed by atoms with Crippen molar-refractivity contribution >= 4 is 33.0 Å². The van der Waals surface area contributed by atoms with Gasteiger partial charge in [-0.05, 0) is 49.0 Å². The van der Waals surface area contributed by atoms with Gasteiger partial charge in [-0.1, -0.05) is 18.2 Å². The van der Waals surface area contributed by atoms with E-state index in [1.807, 2.05) is 43.1 Å². The van der Waals surface area contributed by atoms with E-state index >= 15 is 0 Å². The summed E-state index contributed by atoms with van der Waals surface area (Å²) in [5, 5.41) is 8.82. The SMILES string of the molecule is COc1cccc(NC(=S)N(C)[C@H](C)c2ccc(S(N)(=O)=O)cc2)c1. The zero-order valence-corrected chi connectivity index (χ0v) is 15.9. The zero-order chi connectivity index (χ0) is 18.6. The average molecular weight is 380 g/mol. The normalized spacial score (nSPS) is 12.3. The van der Waals surface area contributed by atoms with Gasteiger partial charge in [0, 0.05) is 18.8 Å². The number of rotatable bonds is 5. The minimum absolute atomic E-state index is 0.0554. The Morgan fingerprint density at radius 3 is 2.44 bits per heavy atom. The molecule has 0 aliphatic carbocycles. The average Bonchev–Trinajstić information content (AvgIpc) is 2.60. The second-order valence-corrected chi connectivity index (χ2v) is 7.51. The third kappa shape index (κ3) is 4.91. The standard InChI is InChI=1S/C17H21N3O3S2/c1-12(13-7-9-16(10-8-13)25(18,21)22)20(2)17(24)19-14-5-4-6-15(11-14)23-3/h4-12H,1-3H3,(H,19,24)(H2,18,21,22)/t12-/m1/s1. The molecule has 0 saturated heterocycles. The molecule has 2 aromatic rings. The highest BCUT2D eigenvalue weighted by Crippen LogP contribution is 2.22. The maximum atomic E-state index is 11.3. The number of hydrogen-bond acceptors (Lipinski definition) is 4. The summed E-state index contributed by atoms with van der Waals surface area (Å²) in [6.07, 6.45) is 0. The molecule has 1 atom stereocenters. The van der Waals surface area contributed by atoms with Crippen LogP contribution in [0.25, 0.3) is 0 Å². The molecule has 0 unspecified atom stereocenters. The highest BCUT2D eigenvalue weighted by molar-refractivity contribution is 7.89. The number of benzene rings is 2. The summed E-state index contributed by atoms with van der Waals surface area (Å²) in [4.78, 5) is 1.98. The van der Waals surface area contributed by atoms with E-state index in [0.29, 0.717) is 5.11 Å². The molecule has 0 amide bonds. The molecule has 134 valence electrons. The molecule has 8 heteroatoms. The van der Waals surface area contributed by atoms with Crippen molar-refractivity contribution in [2.75, 3.05) is 19.5 Å². The van der Waals surface area contributed by atoms with Crippen LogP contribution < -0.4 is 15.2 Å². The summed E-state index contributed by atoms with van der Waals surface area (Å²) in [7, 11) is -0.216. The highest BCUT2D eigenvalue weighted by atomic mass is 32.2. The minimum atomic E-state index is -3.69. The number of ether oxygens (including phenoxy) is 1. The van der Waals surface area contributed by atoms with Crippen LogP contribution in [0.1, 0.15) is 18.5 Å². The molecule has 0 radical (unpaired) electrons. The first-order valence-corrected chi connectivity index (χ1v) is 9.48. The van der Waals surface area contributed by atoms with Crippen molar-refractivity contribution in [3.63, 3.8) is 0 Å². The van der Waals surface area contributed by atoms with E-state index in [-0.39, 0.29) is 10.9 Å². The smallest absolute Gasteiger partial charge is 0.238 e. The molecule has 0 aliphatic rings. The lowest BCUT2D eigenvalue weighted by atomic mass is 10.1. The molecule has 0 spiro atoms. The zero-order valence-electron chi connectivity index (χ0n) is 14.3. The fraction of sp³-hybridized carbons (Fsp3) is 0.235. The van der Waals surface area contributed by atoms with Crippen molar-refractivity contribution in [1.82, 2.24) is 4.90 Å². The van der Waals surface area contributed by atoms with Crippen molar-refractivity contribution in [3.05, 3.63) is 54.1 Å². The van der Waals surface area contributed by atoms with Crippen LogP contribution in [0.3, 0.4) is 0 Å². The number of nitrogens with two attached hydrogens (primary N) is 1. The number of primary sulfonamides is 1. The molecule has 0 heterocycles. The maximum absolute atomic E-state index is 11.3. The first-order chi connectivity index (χ1) is 11.7. The molecule has 25 heavy (non-hydrogen) atoms. The first-order valence-electron chi connectivity index (χ1n) is 7.53. The third-order valence-corrected chi connectivity index (χ3v) is 5.23. The van der Waals surface area contributed by atoms with E-state index in [1.165, 1.54) is 12.1 Å². The van der Waals surface area contributed by atoms with Gasteiger partial charge in [-0.2, -0.15) is 0 Å². The molecule has 0 saturated carbocycles. The summed E-state index contributed by atoms with van der Waals surface area (Å²) < 4.78 is 27.9. The first kappa shape index (κ1) is 19.2. The van der Waals surface area contributed by atoms with Crippen LogP contribution in [0.5, 0.6) is 5.75 Å². The maximum Gasteiger partial charge on any atom is 0.238 e. The van der Waals surface area contributed by atoms with Gasteiger partial charge in [0.1, 0.15) is 5.75 Å². The summed E-state index contributed by atoms with van der Waals surface area (Å²) in [6, 6.07) is 13.9. The molecule has 6 nitrogen and oxygen atoms in total. The number of methoxy groups -OCH3 is 1. The Bertz CT molecular complexity index is 852. The Labute approximate surface area is 153 Å². The van der Waals surface area contributed by atoms with Crippen molar-refractivity contribution in [1.29, 1.82) is 0 Å². The van der Waals surface area contributed by atoms with Gasteiger partial charge in [-0.3, -0.25) is 0 Å². The highest BCUT2D eigenvalue weighted by Gasteiger charge is 2.16. The van der Waals surface area contributed by atoms with E-state index in [4.69, 9.17) is 22.1 Å². The van der Waals surface area contributed by atoms with Crippen LogP contribution in [-0.2, 0) is 10.0 Å². The van der Waals surface area contributed by atoms with E-state index < -0.39 is 10.0 Å². The fourth-order valence-electron chi connectivity index (χ4n) is 2.25. The van der Waals surface area contributed by atoms with Crippen molar-refractivity contribution in [2.45, 2.75) is 17.9 Å². The van der Waals surface area contributed by atoms with Gasteiger partial charge in [0.2, 0.25) is 10.0 Å². The second kappa shape index (κ2) is 7.81. The van der Waals surface area contributed by atoms with Crippen LogP contribution in [0, 0.1) is 0 Å². The minimum Gasteiger partial charge on any atom is -0.497 e. The largest absolute Gasteiger partial charge is 0.497 e. The van der Waals surface area contributed by atoms with Gasteiger partial charge < -0.3 is 15.0 Å². The lowest BCUT2D eigenvalue weighted by Crippen LogP contribution is -2.33.